The number of allylic oxidation sites excluding steroid dienone is 4. The largest absolute Gasteiger partial charge is 0.698 e. The Labute approximate surface area is 173 Å². The van der Waals surface area contributed by atoms with Crippen LogP contribution in [0.4, 0.5) is 24.5 Å². The zero-order valence-corrected chi connectivity index (χ0v) is 16.1. The van der Waals surface area contributed by atoms with E-state index in [1.807, 2.05) is 42.5 Å². The first-order valence-electron chi connectivity index (χ1n) is 9.59. The van der Waals surface area contributed by atoms with Crippen molar-refractivity contribution in [1.82, 2.24) is 0 Å². The number of nitrogens with two attached hydrogens (primary N) is 1. The third-order valence-corrected chi connectivity index (χ3v) is 5.36. The molecule has 0 heterocycles. The van der Waals surface area contributed by atoms with Crippen LogP contribution in [0.15, 0.2) is 84.9 Å². The molecule has 3 aromatic rings. The Hall–Kier alpha value is -3.47. The average molecular weight is 405 g/mol. The maximum atomic E-state index is 13.7. The smallest absolute Gasteiger partial charge is 0.416 e. The number of rotatable bonds is 3. The molecule has 0 aromatic heterocycles. The SMILES string of the molecule is [NH-]c1ccccc1C1=CC(c2ccccc2C(F)(F)F)CC(c2ccccc2N)=C1. The predicted molar refractivity (Wildman–Crippen MR) is 116 cm³/mol. The molecule has 0 amide bonds. The molecular formula is C25H20F3N2-. The van der Waals surface area contributed by atoms with E-state index in [9.17, 15) is 13.2 Å². The van der Waals surface area contributed by atoms with Crippen LogP contribution in [0.2, 0.25) is 0 Å². The van der Waals surface area contributed by atoms with E-state index in [1.165, 1.54) is 12.1 Å². The summed E-state index contributed by atoms with van der Waals surface area (Å²) in [6.07, 6.45) is -0.275. The monoisotopic (exact) mass is 405 g/mol. The summed E-state index contributed by atoms with van der Waals surface area (Å²) < 4.78 is 41.1. The molecule has 152 valence electrons. The summed E-state index contributed by atoms with van der Waals surface area (Å²) in [5.41, 5.74) is 18.0. The van der Waals surface area contributed by atoms with E-state index < -0.39 is 17.7 Å². The van der Waals surface area contributed by atoms with Gasteiger partial charge in [-0.2, -0.15) is 13.2 Å². The lowest BCUT2D eigenvalue weighted by Gasteiger charge is -2.27. The Morgan fingerprint density at radius 3 is 2.17 bits per heavy atom. The second-order valence-electron chi connectivity index (χ2n) is 7.32. The molecule has 3 N–H and O–H groups in total. The van der Waals surface area contributed by atoms with Crippen molar-refractivity contribution in [2.45, 2.75) is 18.5 Å². The van der Waals surface area contributed by atoms with Crippen LogP contribution in [-0.4, -0.2) is 0 Å². The number of para-hydroxylation sites is 1. The molecule has 0 aliphatic heterocycles. The second-order valence-corrected chi connectivity index (χ2v) is 7.32. The summed E-state index contributed by atoms with van der Waals surface area (Å²) in [6, 6.07) is 20.1. The minimum atomic E-state index is -4.44. The second kappa shape index (κ2) is 7.75. The first-order valence-corrected chi connectivity index (χ1v) is 9.59. The van der Waals surface area contributed by atoms with Gasteiger partial charge in [-0.3, -0.25) is 0 Å². The van der Waals surface area contributed by atoms with Crippen molar-refractivity contribution < 1.29 is 13.2 Å². The molecule has 3 aromatic carbocycles. The number of benzene rings is 3. The van der Waals surface area contributed by atoms with Crippen molar-refractivity contribution >= 4 is 22.5 Å². The standard InChI is InChI=1S/C25H20F3N2/c26-25(27,28)22-10-4-1-7-19(22)16-13-17(20-8-2-5-11-23(20)29)15-18(14-16)21-9-3-6-12-24(21)30/h1-13,15-16,29H,14,30H2/q-1. The number of alkyl halides is 3. The molecule has 4 rings (SSSR count). The fraction of sp³-hybridized carbons (Fsp3) is 0.120. The van der Waals surface area contributed by atoms with Crippen molar-refractivity contribution in [2.24, 2.45) is 0 Å². The first-order chi connectivity index (χ1) is 14.3. The van der Waals surface area contributed by atoms with Crippen LogP contribution in [0, 0.1) is 0 Å². The van der Waals surface area contributed by atoms with Gasteiger partial charge < -0.3 is 11.5 Å². The van der Waals surface area contributed by atoms with E-state index in [1.54, 1.807) is 24.3 Å². The number of hydrogen-bond acceptors (Lipinski definition) is 1. The van der Waals surface area contributed by atoms with Gasteiger partial charge >= 0.3 is 6.18 Å². The molecule has 0 spiro atoms. The number of hydrogen-bond donors (Lipinski definition) is 1. The third-order valence-electron chi connectivity index (χ3n) is 5.36. The minimum absolute atomic E-state index is 0.227. The minimum Gasteiger partial charge on any atom is -0.698 e. The Balaban J connectivity index is 1.89. The summed E-state index contributed by atoms with van der Waals surface area (Å²) in [4.78, 5) is 0. The molecule has 1 atom stereocenters. The van der Waals surface area contributed by atoms with E-state index in [0.717, 1.165) is 22.8 Å². The van der Waals surface area contributed by atoms with Crippen LogP contribution >= 0.6 is 0 Å². The highest BCUT2D eigenvalue weighted by atomic mass is 19.4. The van der Waals surface area contributed by atoms with E-state index in [4.69, 9.17) is 11.5 Å². The molecule has 0 fully saturated rings. The summed E-state index contributed by atoms with van der Waals surface area (Å²) in [5.74, 6) is -0.489. The molecule has 1 aliphatic rings. The highest BCUT2D eigenvalue weighted by molar-refractivity contribution is 5.92. The number of anilines is 1. The normalized spacial score (nSPS) is 16.7. The molecule has 0 radical (unpaired) electrons. The number of nitrogens with one attached hydrogen (secondary N) is 1. The zero-order chi connectivity index (χ0) is 21.3. The van der Waals surface area contributed by atoms with Crippen molar-refractivity contribution in [3.05, 3.63) is 113 Å². The van der Waals surface area contributed by atoms with E-state index in [2.05, 4.69) is 0 Å². The Kier molecular flexibility index (Phi) is 5.12. The lowest BCUT2D eigenvalue weighted by molar-refractivity contribution is -0.138. The summed E-state index contributed by atoms with van der Waals surface area (Å²) >= 11 is 0. The lowest BCUT2D eigenvalue weighted by atomic mass is 9.79. The van der Waals surface area contributed by atoms with Gasteiger partial charge in [0.05, 0.1) is 5.56 Å². The third kappa shape index (κ3) is 3.83. The topological polar surface area (TPSA) is 49.8 Å². The molecule has 2 nitrogen and oxygen atoms in total. The van der Waals surface area contributed by atoms with Crippen LogP contribution in [0.3, 0.4) is 0 Å². The van der Waals surface area contributed by atoms with Crippen LogP contribution in [0.25, 0.3) is 16.9 Å². The molecule has 1 unspecified atom stereocenters. The van der Waals surface area contributed by atoms with Gasteiger partial charge in [0.2, 0.25) is 0 Å². The molecule has 0 bridgehead atoms. The van der Waals surface area contributed by atoms with Gasteiger partial charge in [-0.1, -0.05) is 72.8 Å². The van der Waals surface area contributed by atoms with Gasteiger partial charge in [-0.15, -0.1) is 5.69 Å². The van der Waals surface area contributed by atoms with Gasteiger partial charge in [0, 0.05) is 17.2 Å². The maximum absolute atomic E-state index is 13.7. The van der Waals surface area contributed by atoms with E-state index >= 15 is 0 Å². The fourth-order valence-corrected chi connectivity index (χ4v) is 3.97. The first kappa shape index (κ1) is 19.8. The quantitative estimate of drug-likeness (QED) is 0.448. The highest BCUT2D eigenvalue weighted by Gasteiger charge is 2.35. The van der Waals surface area contributed by atoms with Crippen LogP contribution in [0.5, 0.6) is 0 Å². The number of nitrogen functional groups attached to an aromatic ring is 1. The van der Waals surface area contributed by atoms with Gasteiger partial charge in [0.1, 0.15) is 0 Å². The van der Waals surface area contributed by atoms with Gasteiger partial charge in [-0.25, -0.2) is 0 Å². The van der Waals surface area contributed by atoms with Crippen LogP contribution in [0.1, 0.15) is 34.6 Å². The van der Waals surface area contributed by atoms with Gasteiger partial charge in [0.15, 0.2) is 0 Å². The van der Waals surface area contributed by atoms with Crippen molar-refractivity contribution in [3.8, 4) is 0 Å². The number of halogens is 3. The van der Waals surface area contributed by atoms with Gasteiger partial charge in [0.25, 0.3) is 0 Å². The van der Waals surface area contributed by atoms with Crippen molar-refractivity contribution in [3.63, 3.8) is 0 Å². The zero-order valence-electron chi connectivity index (χ0n) is 16.1. The van der Waals surface area contributed by atoms with Crippen molar-refractivity contribution in [2.75, 3.05) is 5.73 Å². The molecule has 0 saturated heterocycles. The average Bonchev–Trinajstić information content (AvgIpc) is 2.73. The van der Waals surface area contributed by atoms with E-state index in [0.29, 0.717) is 23.4 Å². The molecule has 5 heteroatoms. The van der Waals surface area contributed by atoms with Gasteiger partial charge in [-0.05, 0) is 40.8 Å². The lowest BCUT2D eigenvalue weighted by Crippen LogP contribution is -2.13. The molecule has 0 saturated carbocycles. The Bertz CT molecular complexity index is 1140. The van der Waals surface area contributed by atoms with Crippen LogP contribution in [-0.2, 0) is 6.18 Å². The van der Waals surface area contributed by atoms with Crippen LogP contribution < -0.4 is 5.73 Å². The Morgan fingerprint density at radius 1 is 0.833 bits per heavy atom. The molecule has 30 heavy (non-hydrogen) atoms. The predicted octanol–water partition coefficient (Wildman–Crippen LogP) is 7.63. The van der Waals surface area contributed by atoms with Crippen molar-refractivity contribution in [1.29, 1.82) is 0 Å². The highest BCUT2D eigenvalue weighted by Crippen LogP contribution is 2.45. The summed E-state index contributed by atoms with van der Waals surface area (Å²) in [6.45, 7) is 0. The summed E-state index contributed by atoms with van der Waals surface area (Å²) in [5, 5.41) is 0. The Morgan fingerprint density at radius 2 is 1.47 bits per heavy atom. The molecule has 1 aliphatic carbocycles. The fourth-order valence-electron chi connectivity index (χ4n) is 3.97. The summed E-state index contributed by atoms with van der Waals surface area (Å²) in [7, 11) is 0. The van der Waals surface area contributed by atoms with E-state index in [-0.39, 0.29) is 5.56 Å². The maximum Gasteiger partial charge on any atom is 0.416 e. The molecular weight excluding hydrogens is 385 g/mol.